The number of fused-ring (bicyclic) bond motifs is 4. The molecular weight excluding hydrogens is 932 g/mol. The van der Waals surface area contributed by atoms with Crippen LogP contribution in [0.5, 0.6) is 34.5 Å². The number of halogens is 1. The summed E-state index contributed by atoms with van der Waals surface area (Å²) in [5, 5.41) is 5.27. The standard InChI is InChI=1S/C24H25N3O7.C14H17NO5.C10H9ClN2O2.CH4/c1-13(28)33-20-10-31-23-21(11-32-22(20)23)34-15-6-4-14(5-7-15)27-24-16-8-18(29-2)19(30-3)9-17(16)25-12-26-24;1-8(16)19-11-6-17-14-12(7-18-13(11)14)20-10-4-2-9(15)3-5-10;1-14-8-3-6-7(4-9(8)15-2)12-5-13-10(6)11;/h4-9,12,20-23H,10-11H2,1-3H3,(H,25,26,27);2-5,11-14H,6-7,15H2,1H3;3-5H,1-2H3;1H4/t20-,21?,22+,23+;11-,12?,13+,14+;;/m00../s1. The topological polar surface area (TPSA) is 235 Å². The van der Waals surface area contributed by atoms with Gasteiger partial charge in [0.2, 0.25) is 0 Å². The predicted octanol–water partition coefficient (Wildman–Crippen LogP) is 6.55. The lowest BCUT2D eigenvalue weighted by molar-refractivity contribution is -0.151. The van der Waals surface area contributed by atoms with Crippen LogP contribution in [0.2, 0.25) is 5.15 Å². The lowest BCUT2D eigenvalue weighted by Crippen LogP contribution is -2.36. The Morgan fingerprint density at radius 1 is 0.571 bits per heavy atom. The van der Waals surface area contributed by atoms with Gasteiger partial charge in [0.1, 0.15) is 59.5 Å². The van der Waals surface area contributed by atoms with Crippen molar-refractivity contribution in [3.8, 4) is 34.5 Å². The molecule has 70 heavy (non-hydrogen) atoms. The second-order valence-corrected chi connectivity index (χ2v) is 16.2. The van der Waals surface area contributed by atoms with Gasteiger partial charge in [0.25, 0.3) is 0 Å². The van der Waals surface area contributed by atoms with E-state index < -0.39 is 6.10 Å². The third kappa shape index (κ3) is 11.7. The fraction of sp³-hybridized carbons (Fsp3) is 0.388. The van der Waals surface area contributed by atoms with E-state index in [4.69, 9.17) is 74.2 Å². The minimum atomic E-state index is -0.399. The smallest absolute Gasteiger partial charge is 0.303 e. The number of ether oxygens (including phenoxy) is 12. The van der Waals surface area contributed by atoms with E-state index in [9.17, 15) is 9.59 Å². The van der Waals surface area contributed by atoms with Crippen LogP contribution in [0.25, 0.3) is 21.8 Å². The molecule has 4 aromatic carbocycles. The van der Waals surface area contributed by atoms with E-state index in [1.54, 1.807) is 64.8 Å². The third-order valence-corrected chi connectivity index (χ3v) is 11.7. The lowest BCUT2D eigenvalue weighted by atomic mass is 10.1. The largest absolute Gasteiger partial charge is 0.493 e. The zero-order valence-corrected chi connectivity index (χ0v) is 39.2. The number of rotatable bonds is 12. The Bertz CT molecular complexity index is 2740. The van der Waals surface area contributed by atoms with Gasteiger partial charge in [-0.25, -0.2) is 19.9 Å². The highest BCUT2D eigenvalue weighted by atomic mass is 35.5. The maximum Gasteiger partial charge on any atom is 0.303 e. The zero-order valence-electron chi connectivity index (χ0n) is 38.5. The molecule has 4 saturated heterocycles. The normalized spacial score (nSPS) is 22.7. The van der Waals surface area contributed by atoms with E-state index in [2.05, 4.69) is 25.3 Å². The molecule has 0 aliphatic carbocycles. The Kier molecular flexibility index (Phi) is 16.8. The Morgan fingerprint density at radius 3 is 1.44 bits per heavy atom. The van der Waals surface area contributed by atoms with Crippen molar-refractivity contribution in [2.24, 2.45) is 0 Å². The number of hydrogen-bond acceptors (Lipinski definition) is 20. The summed E-state index contributed by atoms with van der Waals surface area (Å²) >= 11 is 5.93. The number of nitrogens with two attached hydrogens (primary N) is 1. The molecule has 0 amide bonds. The molecule has 372 valence electrons. The third-order valence-electron chi connectivity index (χ3n) is 11.4. The number of carbonyl (C=O) groups excluding carboxylic acids is 2. The first-order valence-electron chi connectivity index (χ1n) is 21.7. The number of nitrogens with zero attached hydrogens (tertiary/aromatic N) is 4. The molecule has 2 aromatic heterocycles. The average Bonchev–Trinajstić information content (AvgIpc) is 4.15. The molecule has 6 aromatic rings. The Labute approximate surface area is 408 Å². The van der Waals surface area contributed by atoms with Crippen molar-refractivity contribution in [3.63, 3.8) is 0 Å². The highest BCUT2D eigenvalue weighted by Gasteiger charge is 2.51. The molecule has 4 aliphatic rings. The van der Waals surface area contributed by atoms with Crippen LogP contribution in [0.15, 0.2) is 85.5 Å². The summed E-state index contributed by atoms with van der Waals surface area (Å²) in [6, 6.07) is 21.9. The number of nitrogens with one attached hydrogen (secondary N) is 1. The summed E-state index contributed by atoms with van der Waals surface area (Å²) in [6.45, 7) is 4.19. The first-order chi connectivity index (χ1) is 33.4. The molecular formula is C49H55ClN6O14. The van der Waals surface area contributed by atoms with Gasteiger partial charge in [-0.3, -0.25) is 9.59 Å². The number of carbonyl (C=O) groups is 2. The summed E-state index contributed by atoms with van der Waals surface area (Å²) in [7, 11) is 6.32. The van der Waals surface area contributed by atoms with Gasteiger partial charge in [-0.05, 0) is 60.7 Å². The van der Waals surface area contributed by atoms with Gasteiger partial charge in [-0.2, -0.15) is 0 Å². The average molecular weight is 987 g/mol. The van der Waals surface area contributed by atoms with Gasteiger partial charge >= 0.3 is 11.9 Å². The molecule has 10 rings (SSSR count). The van der Waals surface area contributed by atoms with Crippen molar-refractivity contribution >= 4 is 62.5 Å². The number of aromatic nitrogens is 4. The molecule has 0 spiro atoms. The molecule has 0 bridgehead atoms. The molecule has 0 radical (unpaired) electrons. The van der Waals surface area contributed by atoms with Crippen LogP contribution in [0.3, 0.4) is 0 Å². The monoisotopic (exact) mass is 986 g/mol. The molecule has 4 fully saturated rings. The van der Waals surface area contributed by atoms with Crippen molar-refractivity contribution in [2.75, 3.05) is 65.9 Å². The van der Waals surface area contributed by atoms with Crippen LogP contribution in [-0.4, -0.2) is 136 Å². The van der Waals surface area contributed by atoms with Crippen molar-refractivity contribution in [3.05, 3.63) is 90.6 Å². The van der Waals surface area contributed by atoms with Crippen LogP contribution in [0, 0.1) is 0 Å². The van der Waals surface area contributed by atoms with Crippen molar-refractivity contribution in [2.45, 2.75) is 70.1 Å². The van der Waals surface area contributed by atoms with Crippen molar-refractivity contribution < 1.29 is 66.4 Å². The van der Waals surface area contributed by atoms with Crippen LogP contribution in [-0.2, 0) is 38.0 Å². The number of benzene rings is 4. The Hall–Kier alpha value is -6.97. The van der Waals surface area contributed by atoms with E-state index in [-0.39, 0.29) is 62.1 Å². The van der Waals surface area contributed by atoms with Gasteiger partial charge in [0.15, 0.2) is 47.4 Å². The van der Waals surface area contributed by atoms with Gasteiger partial charge in [0, 0.05) is 48.1 Å². The van der Waals surface area contributed by atoms with Crippen molar-refractivity contribution in [1.29, 1.82) is 0 Å². The molecule has 2 unspecified atom stereocenters. The molecule has 21 heteroatoms. The SMILES string of the molecule is C.CC(=O)O[C@H]1CO[C@@H]2C(Oc3ccc(N)cc3)CO[C@H]12.COc1cc2ncnc(Cl)c2cc1OC.COc1cc2ncnc(Nc3ccc(OC4CO[C@@H]5[C@@H](OC(C)=O)CO[C@H]45)cc3)c2cc1OC. The summed E-state index contributed by atoms with van der Waals surface area (Å²) in [5.41, 5.74) is 8.61. The van der Waals surface area contributed by atoms with E-state index in [1.165, 1.54) is 26.5 Å². The number of anilines is 3. The molecule has 20 nitrogen and oxygen atoms in total. The maximum absolute atomic E-state index is 11.3. The first-order valence-corrected chi connectivity index (χ1v) is 22.1. The lowest BCUT2D eigenvalue weighted by Gasteiger charge is -2.18. The second-order valence-electron chi connectivity index (χ2n) is 15.9. The quantitative estimate of drug-likeness (QED) is 0.0751. The Morgan fingerprint density at radius 2 is 0.971 bits per heavy atom. The van der Waals surface area contributed by atoms with E-state index in [0.717, 1.165) is 27.5 Å². The van der Waals surface area contributed by atoms with Gasteiger partial charge < -0.3 is 67.9 Å². The zero-order chi connectivity index (χ0) is 48.6. The second kappa shape index (κ2) is 23.1. The summed E-state index contributed by atoms with van der Waals surface area (Å²) < 4.78 is 66.4. The first kappa shape index (κ1) is 50.9. The number of hydrogen-bond donors (Lipinski definition) is 2. The highest BCUT2D eigenvalue weighted by Crippen LogP contribution is 2.37. The minimum Gasteiger partial charge on any atom is -0.493 e. The number of methoxy groups -OCH3 is 4. The van der Waals surface area contributed by atoms with Crippen molar-refractivity contribution in [1.82, 2.24) is 19.9 Å². The summed E-state index contributed by atoms with van der Waals surface area (Å²) in [5.74, 6) is 3.80. The van der Waals surface area contributed by atoms with Gasteiger partial charge in [-0.1, -0.05) is 19.0 Å². The predicted molar refractivity (Wildman–Crippen MR) is 257 cm³/mol. The molecule has 3 N–H and O–H groups in total. The molecule has 0 saturated carbocycles. The van der Waals surface area contributed by atoms with Crippen LogP contribution < -0.4 is 39.5 Å². The van der Waals surface area contributed by atoms with Gasteiger partial charge in [0.05, 0.1) is 65.9 Å². The number of nitrogen functional groups attached to an aromatic ring is 1. The van der Waals surface area contributed by atoms with E-state index in [0.29, 0.717) is 77.6 Å². The summed E-state index contributed by atoms with van der Waals surface area (Å²) in [6.07, 6.45) is 0.627. The number of esters is 2. The molecule has 8 atom stereocenters. The van der Waals surface area contributed by atoms with Gasteiger partial charge in [-0.15, -0.1) is 0 Å². The summed E-state index contributed by atoms with van der Waals surface area (Å²) in [4.78, 5) is 39.0. The molecule has 4 aliphatic heterocycles. The highest BCUT2D eigenvalue weighted by molar-refractivity contribution is 6.34. The minimum absolute atomic E-state index is 0. The van der Waals surface area contributed by atoms with Crippen LogP contribution in [0.4, 0.5) is 17.2 Å². The fourth-order valence-electron chi connectivity index (χ4n) is 8.17. The van der Waals surface area contributed by atoms with E-state index >= 15 is 0 Å². The molecule has 6 heterocycles. The van der Waals surface area contributed by atoms with Crippen LogP contribution >= 0.6 is 11.6 Å². The fourth-order valence-corrected chi connectivity index (χ4v) is 8.37. The Balaban J connectivity index is 0.000000170. The maximum atomic E-state index is 11.3. The van der Waals surface area contributed by atoms with E-state index in [1.807, 2.05) is 36.4 Å². The van der Waals surface area contributed by atoms with Crippen LogP contribution in [0.1, 0.15) is 21.3 Å².